The highest BCUT2D eigenvalue weighted by molar-refractivity contribution is 5.97. The predicted octanol–water partition coefficient (Wildman–Crippen LogP) is 2.19. The molecule has 0 aliphatic heterocycles. The number of rotatable bonds is 4. The van der Waals surface area contributed by atoms with E-state index in [1.165, 1.54) is 6.92 Å². The average molecular weight is 285 g/mol. The van der Waals surface area contributed by atoms with Gasteiger partial charge in [-0.15, -0.1) is 0 Å². The second-order valence-corrected chi connectivity index (χ2v) is 5.40. The first-order chi connectivity index (χ1) is 10.1. The third-order valence-electron chi connectivity index (χ3n) is 3.79. The van der Waals surface area contributed by atoms with Crippen LogP contribution in [0.4, 0.5) is 5.69 Å². The van der Waals surface area contributed by atoms with Gasteiger partial charge in [0.15, 0.2) is 0 Å². The second kappa shape index (κ2) is 6.89. The van der Waals surface area contributed by atoms with E-state index in [2.05, 4.69) is 10.6 Å². The standard InChI is InChI=1S/C16H19N3O2/c1-11(20)18-15(13-4-2-3-5-13)16(21)19-14-8-6-12(10-17)7-9-14/h6-9,13,15H,2-5H2,1H3,(H,18,20)(H,19,21)/t15-/m0/s1. The quantitative estimate of drug-likeness (QED) is 0.889. The molecule has 1 aliphatic carbocycles. The van der Waals surface area contributed by atoms with E-state index < -0.39 is 6.04 Å². The van der Waals surface area contributed by atoms with Crippen LogP contribution >= 0.6 is 0 Å². The molecule has 21 heavy (non-hydrogen) atoms. The van der Waals surface area contributed by atoms with E-state index in [1.807, 2.05) is 6.07 Å². The molecule has 1 fully saturated rings. The lowest BCUT2D eigenvalue weighted by molar-refractivity contribution is -0.126. The number of hydrogen-bond donors (Lipinski definition) is 2. The number of amides is 2. The number of nitrogens with zero attached hydrogens (tertiary/aromatic N) is 1. The number of carbonyl (C=O) groups excluding carboxylic acids is 2. The highest BCUT2D eigenvalue weighted by atomic mass is 16.2. The highest BCUT2D eigenvalue weighted by Crippen LogP contribution is 2.28. The molecule has 110 valence electrons. The van der Waals surface area contributed by atoms with Crippen molar-refractivity contribution in [1.29, 1.82) is 5.26 Å². The summed E-state index contributed by atoms with van der Waals surface area (Å²) in [6.45, 7) is 1.43. The Balaban J connectivity index is 2.06. The third kappa shape index (κ3) is 4.06. The summed E-state index contributed by atoms with van der Waals surface area (Å²) in [5, 5.41) is 14.3. The first-order valence-corrected chi connectivity index (χ1v) is 7.18. The lowest BCUT2D eigenvalue weighted by atomic mass is 9.97. The summed E-state index contributed by atoms with van der Waals surface area (Å²) in [5.41, 5.74) is 1.18. The Kier molecular flexibility index (Phi) is 4.94. The molecule has 1 aromatic carbocycles. The van der Waals surface area contributed by atoms with Gasteiger partial charge in [-0.25, -0.2) is 0 Å². The number of nitriles is 1. The van der Waals surface area contributed by atoms with Crippen molar-refractivity contribution in [3.05, 3.63) is 29.8 Å². The van der Waals surface area contributed by atoms with Gasteiger partial charge >= 0.3 is 0 Å². The molecule has 0 bridgehead atoms. The predicted molar refractivity (Wildman–Crippen MR) is 79.3 cm³/mol. The Morgan fingerprint density at radius 3 is 2.38 bits per heavy atom. The summed E-state index contributed by atoms with van der Waals surface area (Å²) in [7, 11) is 0. The van der Waals surface area contributed by atoms with E-state index in [9.17, 15) is 9.59 Å². The molecule has 0 heterocycles. The SMILES string of the molecule is CC(=O)N[C@H](C(=O)Nc1ccc(C#N)cc1)C1CCCC1. The van der Waals surface area contributed by atoms with Gasteiger partial charge in [-0.2, -0.15) is 5.26 Å². The lowest BCUT2D eigenvalue weighted by Gasteiger charge is -2.23. The van der Waals surface area contributed by atoms with Crippen molar-refractivity contribution in [2.75, 3.05) is 5.32 Å². The molecule has 0 unspecified atom stereocenters. The topological polar surface area (TPSA) is 82.0 Å². The fraction of sp³-hybridized carbons (Fsp3) is 0.438. The summed E-state index contributed by atoms with van der Waals surface area (Å²) in [5.74, 6) is -0.184. The summed E-state index contributed by atoms with van der Waals surface area (Å²) in [6, 6.07) is 8.23. The maximum Gasteiger partial charge on any atom is 0.247 e. The maximum absolute atomic E-state index is 12.4. The van der Waals surface area contributed by atoms with Crippen molar-refractivity contribution >= 4 is 17.5 Å². The van der Waals surface area contributed by atoms with Gasteiger partial charge in [-0.1, -0.05) is 12.8 Å². The summed E-state index contributed by atoms with van der Waals surface area (Å²) < 4.78 is 0. The zero-order valence-corrected chi connectivity index (χ0v) is 12.1. The first-order valence-electron chi connectivity index (χ1n) is 7.18. The zero-order chi connectivity index (χ0) is 15.2. The number of nitrogens with one attached hydrogen (secondary N) is 2. The molecule has 0 radical (unpaired) electrons. The van der Waals surface area contributed by atoms with Crippen LogP contribution in [0.25, 0.3) is 0 Å². The largest absolute Gasteiger partial charge is 0.344 e. The van der Waals surface area contributed by atoms with Gasteiger partial charge < -0.3 is 10.6 Å². The normalized spacial score (nSPS) is 16.0. The monoisotopic (exact) mass is 285 g/mol. The first kappa shape index (κ1) is 15.0. The lowest BCUT2D eigenvalue weighted by Crippen LogP contribution is -2.47. The fourth-order valence-electron chi connectivity index (χ4n) is 2.76. The summed E-state index contributed by atoms with van der Waals surface area (Å²) in [4.78, 5) is 23.7. The fourth-order valence-corrected chi connectivity index (χ4v) is 2.76. The van der Waals surface area contributed by atoms with E-state index in [-0.39, 0.29) is 17.7 Å². The molecule has 1 atom stereocenters. The second-order valence-electron chi connectivity index (χ2n) is 5.40. The van der Waals surface area contributed by atoms with Gasteiger partial charge in [-0.3, -0.25) is 9.59 Å². The Morgan fingerprint density at radius 1 is 1.24 bits per heavy atom. The molecule has 0 saturated heterocycles. The number of carbonyl (C=O) groups is 2. The van der Waals surface area contributed by atoms with Gasteiger partial charge in [0.25, 0.3) is 0 Å². The van der Waals surface area contributed by atoms with Crippen molar-refractivity contribution < 1.29 is 9.59 Å². The van der Waals surface area contributed by atoms with Crippen LogP contribution in [-0.2, 0) is 9.59 Å². The van der Waals surface area contributed by atoms with E-state index in [4.69, 9.17) is 5.26 Å². The van der Waals surface area contributed by atoms with Crippen LogP contribution in [-0.4, -0.2) is 17.9 Å². The minimum absolute atomic E-state index is 0.193. The van der Waals surface area contributed by atoms with E-state index >= 15 is 0 Å². The molecule has 2 amide bonds. The molecule has 5 nitrogen and oxygen atoms in total. The van der Waals surface area contributed by atoms with Gasteiger partial charge in [0, 0.05) is 12.6 Å². The summed E-state index contributed by atoms with van der Waals surface area (Å²) >= 11 is 0. The smallest absolute Gasteiger partial charge is 0.247 e. The van der Waals surface area contributed by atoms with Crippen LogP contribution in [0.2, 0.25) is 0 Å². The van der Waals surface area contributed by atoms with E-state index in [0.717, 1.165) is 25.7 Å². The minimum atomic E-state index is -0.486. The average Bonchev–Trinajstić information content (AvgIpc) is 2.99. The molecular weight excluding hydrogens is 266 g/mol. The van der Waals surface area contributed by atoms with Crippen LogP contribution in [0.15, 0.2) is 24.3 Å². The van der Waals surface area contributed by atoms with Gasteiger partial charge in [0.2, 0.25) is 11.8 Å². The molecular formula is C16H19N3O2. The van der Waals surface area contributed by atoms with E-state index in [1.54, 1.807) is 24.3 Å². The Morgan fingerprint density at radius 2 is 1.86 bits per heavy atom. The van der Waals surface area contributed by atoms with Crippen molar-refractivity contribution in [3.63, 3.8) is 0 Å². The van der Waals surface area contributed by atoms with Crippen LogP contribution < -0.4 is 10.6 Å². The number of hydrogen-bond acceptors (Lipinski definition) is 3. The van der Waals surface area contributed by atoms with Crippen LogP contribution in [0.5, 0.6) is 0 Å². The highest BCUT2D eigenvalue weighted by Gasteiger charge is 2.31. The minimum Gasteiger partial charge on any atom is -0.344 e. The summed E-state index contributed by atoms with van der Waals surface area (Å²) in [6.07, 6.45) is 4.13. The van der Waals surface area contributed by atoms with Crippen LogP contribution in [0.1, 0.15) is 38.2 Å². The van der Waals surface area contributed by atoms with E-state index in [0.29, 0.717) is 11.3 Å². The van der Waals surface area contributed by atoms with Gasteiger partial charge in [0.1, 0.15) is 6.04 Å². The van der Waals surface area contributed by atoms with Crippen LogP contribution in [0, 0.1) is 17.2 Å². The molecule has 1 aromatic rings. The Hall–Kier alpha value is -2.35. The molecule has 0 spiro atoms. The van der Waals surface area contributed by atoms with Gasteiger partial charge in [0.05, 0.1) is 11.6 Å². The van der Waals surface area contributed by atoms with Gasteiger partial charge in [-0.05, 0) is 43.0 Å². The maximum atomic E-state index is 12.4. The zero-order valence-electron chi connectivity index (χ0n) is 12.1. The van der Waals surface area contributed by atoms with Crippen molar-refractivity contribution in [3.8, 4) is 6.07 Å². The Bertz CT molecular complexity index is 554. The Labute approximate surface area is 124 Å². The van der Waals surface area contributed by atoms with Crippen molar-refractivity contribution in [2.24, 2.45) is 5.92 Å². The molecule has 5 heteroatoms. The van der Waals surface area contributed by atoms with Crippen molar-refractivity contribution in [2.45, 2.75) is 38.6 Å². The molecule has 0 aromatic heterocycles. The molecule has 2 rings (SSSR count). The third-order valence-corrected chi connectivity index (χ3v) is 3.79. The molecule has 1 aliphatic rings. The number of benzene rings is 1. The van der Waals surface area contributed by atoms with Crippen molar-refractivity contribution in [1.82, 2.24) is 5.32 Å². The molecule has 1 saturated carbocycles. The number of anilines is 1. The van der Waals surface area contributed by atoms with Crippen LogP contribution in [0.3, 0.4) is 0 Å². The molecule has 2 N–H and O–H groups in total.